The highest BCUT2D eigenvalue weighted by atomic mass is 16.5. The van der Waals surface area contributed by atoms with E-state index < -0.39 is 0 Å². The number of nitrogens with zero attached hydrogens (tertiary/aromatic N) is 2. The number of H-pyrrole nitrogens is 1. The number of ether oxygens (including phenoxy) is 1. The number of benzene rings is 2. The molecule has 0 amide bonds. The monoisotopic (exact) mass is 372 g/mol. The molecule has 6 heteroatoms. The zero-order valence-electron chi connectivity index (χ0n) is 15.5. The molecule has 0 aliphatic heterocycles. The summed E-state index contributed by atoms with van der Waals surface area (Å²) in [6.45, 7) is 2.15. The summed E-state index contributed by atoms with van der Waals surface area (Å²) in [5.41, 5.74) is 3.26. The summed E-state index contributed by atoms with van der Waals surface area (Å²) >= 11 is 0. The molecule has 0 saturated carbocycles. The van der Waals surface area contributed by atoms with Gasteiger partial charge in [-0.25, -0.2) is 9.97 Å². The molecule has 0 unspecified atom stereocenters. The van der Waals surface area contributed by atoms with Crippen LogP contribution in [0, 0.1) is 0 Å². The van der Waals surface area contributed by atoms with Crippen LogP contribution in [0.15, 0.2) is 66.7 Å². The van der Waals surface area contributed by atoms with E-state index in [1.54, 1.807) is 6.92 Å². The van der Waals surface area contributed by atoms with Crippen LogP contribution >= 0.6 is 0 Å². The second kappa shape index (κ2) is 7.92. The molecule has 28 heavy (non-hydrogen) atoms. The molecule has 2 heterocycles. The number of fused-ring (bicyclic) bond motifs is 1. The molecular weight excluding hydrogens is 352 g/mol. The standard InChI is InChI=1S/C22H20N4O2/c1-2-28-19(27)14-17-13-18-21(23-16-11-7-4-8-12-16)25-20(26-22(18)24-17)15-9-5-3-6-10-15/h3-13H,2,14H2,1H3,(H2,23,24,25,26). The first-order valence-electron chi connectivity index (χ1n) is 9.15. The molecule has 0 spiro atoms. The van der Waals surface area contributed by atoms with Crippen molar-refractivity contribution in [3.05, 3.63) is 72.4 Å². The third-order valence-electron chi connectivity index (χ3n) is 4.25. The van der Waals surface area contributed by atoms with Crippen molar-refractivity contribution in [2.75, 3.05) is 11.9 Å². The molecule has 0 aliphatic carbocycles. The molecule has 140 valence electrons. The summed E-state index contributed by atoms with van der Waals surface area (Å²) in [6.07, 6.45) is 0.162. The molecule has 0 radical (unpaired) electrons. The highest BCUT2D eigenvalue weighted by Crippen LogP contribution is 2.28. The lowest BCUT2D eigenvalue weighted by molar-refractivity contribution is -0.142. The van der Waals surface area contributed by atoms with Gasteiger partial charge in [-0.3, -0.25) is 4.79 Å². The summed E-state index contributed by atoms with van der Waals surface area (Å²) in [7, 11) is 0. The average molecular weight is 372 g/mol. The number of carbonyl (C=O) groups excluding carboxylic acids is 1. The van der Waals surface area contributed by atoms with Gasteiger partial charge in [-0.2, -0.15) is 0 Å². The second-order valence-electron chi connectivity index (χ2n) is 6.29. The fraction of sp³-hybridized carbons (Fsp3) is 0.136. The van der Waals surface area contributed by atoms with E-state index in [0.717, 1.165) is 22.3 Å². The lowest BCUT2D eigenvalue weighted by atomic mass is 10.2. The highest BCUT2D eigenvalue weighted by molar-refractivity contribution is 5.92. The first-order chi connectivity index (χ1) is 13.7. The number of para-hydroxylation sites is 1. The van der Waals surface area contributed by atoms with Crippen LogP contribution < -0.4 is 5.32 Å². The van der Waals surface area contributed by atoms with E-state index in [2.05, 4.69) is 15.3 Å². The molecule has 0 saturated heterocycles. The van der Waals surface area contributed by atoms with Gasteiger partial charge in [0.05, 0.1) is 18.4 Å². The quantitative estimate of drug-likeness (QED) is 0.488. The van der Waals surface area contributed by atoms with Gasteiger partial charge >= 0.3 is 5.97 Å². The van der Waals surface area contributed by atoms with E-state index in [-0.39, 0.29) is 12.4 Å². The maximum atomic E-state index is 11.9. The molecule has 0 atom stereocenters. The Morgan fingerprint density at radius 3 is 2.46 bits per heavy atom. The summed E-state index contributed by atoms with van der Waals surface area (Å²) in [5.74, 6) is 1.01. The minimum absolute atomic E-state index is 0.162. The Bertz CT molecular complexity index is 1090. The first kappa shape index (κ1) is 17.7. The molecule has 0 fully saturated rings. The molecule has 4 aromatic rings. The predicted octanol–water partition coefficient (Wildman–Crippen LogP) is 4.47. The van der Waals surface area contributed by atoms with Gasteiger partial charge in [-0.15, -0.1) is 0 Å². The Labute approximate surface area is 162 Å². The second-order valence-corrected chi connectivity index (χ2v) is 6.29. The van der Waals surface area contributed by atoms with E-state index in [1.165, 1.54) is 0 Å². The van der Waals surface area contributed by atoms with E-state index in [1.807, 2.05) is 66.7 Å². The number of carbonyl (C=O) groups is 1. The highest BCUT2D eigenvalue weighted by Gasteiger charge is 2.14. The van der Waals surface area contributed by atoms with Gasteiger partial charge in [-0.1, -0.05) is 48.5 Å². The van der Waals surface area contributed by atoms with Crippen LogP contribution in [0.25, 0.3) is 22.4 Å². The molecule has 0 aliphatic rings. The summed E-state index contributed by atoms with van der Waals surface area (Å²) < 4.78 is 5.05. The molecule has 2 aromatic carbocycles. The number of anilines is 2. The topological polar surface area (TPSA) is 79.9 Å². The number of esters is 1. The van der Waals surface area contributed by atoms with Crippen molar-refractivity contribution in [2.24, 2.45) is 0 Å². The number of hydrogen-bond acceptors (Lipinski definition) is 5. The van der Waals surface area contributed by atoms with E-state index in [9.17, 15) is 4.79 Å². The average Bonchev–Trinajstić information content (AvgIpc) is 3.12. The summed E-state index contributed by atoms with van der Waals surface area (Å²) in [4.78, 5) is 24.5. The van der Waals surface area contributed by atoms with Gasteiger partial charge in [0.25, 0.3) is 0 Å². The summed E-state index contributed by atoms with van der Waals surface area (Å²) in [5, 5.41) is 4.18. The van der Waals surface area contributed by atoms with Crippen LogP contribution in [0.5, 0.6) is 0 Å². The largest absolute Gasteiger partial charge is 0.466 e. The third kappa shape index (κ3) is 3.86. The maximum absolute atomic E-state index is 11.9. The van der Waals surface area contributed by atoms with Gasteiger partial charge in [0.15, 0.2) is 5.82 Å². The Kier molecular flexibility index (Phi) is 5.01. The zero-order chi connectivity index (χ0) is 19.3. The van der Waals surface area contributed by atoms with Gasteiger partial charge in [-0.05, 0) is 25.1 Å². The van der Waals surface area contributed by atoms with Crippen LogP contribution in [0.4, 0.5) is 11.5 Å². The number of hydrogen-bond donors (Lipinski definition) is 2. The van der Waals surface area contributed by atoms with Crippen molar-refractivity contribution in [3.8, 4) is 11.4 Å². The molecule has 4 rings (SSSR count). The summed E-state index contributed by atoms with van der Waals surface area (Å²) in [6, 6.07) is 21.5. The van der Waals surface area contributed by atoms with Crippen molar-refractivity contribution < 1.29 is 9.53 Å². The van der Waals surface area contributed by atoms with Crippen LogP contribution in [0.1, 0.15) is 12.6 Å². The van der Waals surface area contributed by atoms with Crippen molar-refractivity contribution in [3.63, 3.8) is 0 Å². The Hall–Kier alpha value is -3.67. The molecular formula is C22H20N4O2. The van der Waals surface area contributed by atoms with Gasteiger partial charge in [0.2, 0.25) is 0 Å². The van der Waals surface area contributed by atoms with Gasteiger partial charge < -0.3 is 15.0 Å². The number of nitrogens with one attached hydrogen (secondary N) is 2. The van der Waals surface area contributed by atoms with E-state index >= 15 is 0 Å². The molecule has 2 aromatic heterocycles. The minimum Gasteiger partial charge on any atom is -0.466 e. The first-order valence-corrected chi connectivity index (χ1v) is 9.15. The van der Waals surface area contributed by atoms with Crippen molar-refractivity contribution in [1.82, 2.24) is 15.0 Å². The van der Waals surface area contributed by atoms with Crippen molar-refractivity contribution in [2.45, 2.75) is 13.3 Å². The Morgan fingerprint density at radius 1 is 1.04 bits per heavy atom. The normalized spacial score (nSPS) is 10.8. The predicted molar refractivity (Wildman–Crippen MR) is 109 cm³/mol. The van der Waals surface area contributed by atoms with Crippen LogP contribution in [-0.4, -0.2) is 27.5 Å². The smallest absolute Gasteiger partial charge is 0.311 e. The number of rotatable bonds is 6. The Morgan fingerprint density at radius 2 is 1.75 bits per heavy atom. The van der Waals surface area contributed by atoms with Crippen molar-refractivity contribution in [1.29, 1.82) is 0 Å². The number of aromatic amines is 1. The molecule has 0 bridgehead atoms. The van der Waals surface area contributed by atoms with Gasteiger partial charge in [0, 0.05) is 16.9 Å². The lowest BCUT2D eigenvalue weighted by Gasteiger charge is -2.09. The fourth-order valence-electron chi connectivity index (χ4n) is 3.00. The van der Waals surface area contributed by atoms with Crippen LogP contribution in [0.3, 0.4) is 0 Å². The third-order valence-corrected chi connectivity index (χ3v) is 4.25. The molecule has 2 N–H and O–H groups in total. The van der Waals surface area contributed by atoms with E-state index in [0.29, 0.717) is 23.9 Å². The maximum Gasteiger partial charge on any atom is 0.311 e. The van der Waals surface area contributed by atoms with Gasteiger partial charge in [0.1, 0.15) is 11.5 Å². The lowest BCUT2D eigenvalue weighted by Crippen LogP contribution is -2.07. The zero-order valence-corrected chi connectivity index (χ0v) is 15.5. The van der Waals surface area contributed by atoms with Crippen LogP contribution in [0.2, 0.25) is 0 Å². The fourth-order valence-corrected chi connectivity index (χ4v) is 3.00. The molecule has 6 nitrogen and oxygen atoms in total. The minimum atomic E-state index is -0.275. The van der Waals surface area contributed by atoms with Crippen LogP contribution in [-0.2, 0) is 16.0 Å². The van der Waals surface area contributed by atoms with Crippen molar-refractivity contribution >= 4 is 28.5 Å². The number of aromatic nitrogens is 3. The Balaban J connectivity index is 1.78. The SMILES string of the molecule is CCOC(=O)Cc1cc2c(Nc3ccccc3)nc(-c3ccccc3)nc2[nH]1. The van der Waals surface area contributed by atoms with E-state index in [4.69, 9.17) is 9.72 Å².